The van der Waals surface area contributed by atoms with E-state index in [0.717, 1.165) is 48.8 Å². The lowest BCUT2D eigenvalue weighted by atomic mass is 10.1. The number of anilines is 1. The molecule has 0 spiro atoms. The van der Waals surface area contributed by atoms with Crippen molar-refractivity contribution >= 4 is 5.82 Å². The van der Waals surface area contributed by atoms with Crippen molar-refractivity contribution < 1.29 is 4.74 Å². The van der Waals surface area contributed by atoms with E-state index in [9.17, 15) is 0 Å². The zero-order chi connectivity index (χ0) is 19.1. The van der Waals surface area contributed by atoms with Crippen molar-refractivity contribution in [3.63, 3.8) is 0 Å². The Labute approximate surface area is 171 Å². The topological polar surface area (TPSA) is 69.2 Å². The van der Waals surface area contributed by atoms with E-state index in [1.54, 1.807) is 0 Å². The Morgan fingerprint density at radius 3 is 2.52 bits per heavy atom. The lowest BCUT2D eigenvalue weighted by Gasteiger charge is -2.35. The molecule has 2 aromatic rings. The molecule has 2 saturated heterocycles. The van der Waals surface area contributed by atoms with Crippen LogP contribution in [0.3, 0.4) is 0 Å². The van der Waals surface area contributed by atoms with Crippen molar-refractivity contribution in [2.24, 2.45) is 17.8 Å². The molecule has 0 radical (unpaired) electrons. The molecule has 5 aliphatic rings. The Balaban J connectivity index is 1.18. The Morgan fingerprint density at radius 2 is 1.86 bits per heavy atom. The van der Waals surface area contributed by atoms with Gasteiger partial charge < -0.3 is 10.5 Å². The van der Waals surface area contributed by atoms with Crippen LogP contribution in [-0.2, 0) is 11.3 Å². The van der Waals surface area contributed by atoms with Crippen LogP contribution in [0, 0.1) is 17.8 Å². The van der Waals surface area contributed by atoms with Crippen LogP contribution in [0.15, 0.2) is 18.3 Å². The number of piperidine rings is 1. The fourth-order valence-electron chi connectivity index (χ4n) is 5.62. The van der Waals surface area contributed by atoms with Crippen LogP contribution in [0.4, 0.5) is 5.82 Å². The summed E-state index contributed by atoms with van der Waals surface area (Å²) < 4.78 is 7.75. The summed E-state index contributed by atoms with van der Waals surface area (Å²) in [5, 5.41) is 5.08. The van der Waals surface area contributed by atoms with E-state index >= 15 is 0 Å². The molecule has 5 fully saturated rings. The van der Waals surface area contributed by atoms with Crippen LogP contribution in [0.1, 0.15) is 48.8 Å². The first kappa shape index (κ1) is 16.8. The highest BCUT2D eigenvalue weighted by Gasteiger charge is 2.58. The van der Waals surface area contributed by atoms with E-state index < -0.39 is 0 Å². The first-order valence-corrected chi connectivity index (χ1v) is 11.4. The van der Waals surface area contributed by atoms with Crippen LogP contribution in [0.25, 0.3) is 11.3 Å². The molecule has 0 aromatic carbocycles. The van der Waals surface area contributed by atoms with E-state index in [0.29, 0.717) is 23.7 Å². The fourth-order valence-corrected chi connectivity index (χ4v) is 5.62. The average molecular weight is 392 g/mol. The van der Waals surface area contributed by atoms with Gasteiger partial charge in [0.15, 0.2) is 0 Å². The maximum atomic E-state index is 6.14. The highest BCUT2D eigenvalue weighted by atomic mass is 16.5. The number of hydrogen-bond acceptors (Lipinski definition) is 5. The first-order valence-electron chi connectivity index (χ1n) is 11.4. The van der Waals surface area contributed by atoms with Gasteiger partial charge >= 0.3 is 0 Å². The van der Waals surface area contributed by atoms with Crippen molar-refractivity contribution in [3.05, 3.63) is 29.6 Å². The van der Waals surface area contributed by atoms with Gasteiger partial charge in [0.25, 0.3) is 0 Å². The molecule has 3 atom stereocenters. The minimum absolute atomic E-state index is 0.611. The summed E-state index contributed by atoms with van der Waals surface area (Å²) in [6.45, 7) is 5.43. The largest absolute Gasteiger partial charge is 0.383 e. The molecule has 4 heterocycles. The van der Waals surface area contributed by atoms with Crippen LogP contribution >= 0.6 is 0 Å². The number of hydrogen-bond donors (Lipinski definition) is 1. The molecule has 2 aromatic heterocycles. The molecule has 152 valence electrons. The molecule has 6 heteroatoms. The Bertz CT molecular complexity index is 946. The fraction of sp³-hybridized carbons (Fsp3) is 0.652. The van der Waals surface area contributed by atoms with E-state index in [2.05, 4.69) is 26.7 Å². The van der Waals surface area contributed by atoms with E-state index in [4.69, 9.17) is 15.6 Å². The van der Waals surface area contributed by atoms with Crippen LogP contribution in [0.2, 0.25) is 0 Å². The van der Waals surface area contributed by atoms with Crippen molar-refractivity contribution in [3.8, 4) is 11.3 Å². The maximum absolute atomic E-state index is 6.14. The van der Waals surface area contributed by atoms with Gasteiger partial charge in [0, 0.05) is 43.0 Å². The van der Waals surface area contributed by atoms with Gasteiger partial charge in [-0.15, -0.1) is 0 Å². The summed E-state index contributed by atoms with van der Waals surface area (Å²) in [7, 11) is 0. The zero-order valence-electron chi connectivity index (χ0n) is 16.8. The summed E-state index contributed by atoms with van der Waals surface area (Å²) in [4.78, 5) is 7.16. The monoisotopic (exact) mass is 391 g/mol. The minimum atomic E-state index is 0.611. The number of nitrogens with zero attached hydrogens (tertiary/aromatic N) is 4. The van der Waals surface area contributed by atoms with Crippen molar-refractivity contribution in [2.45, 2.75) is 50.1 Å². The van der Waals surface area contributed by atoms with Gasteiger partial charge in [-0.1, -0.05) is 0 Å². The van der Waals surface area contributed by atoms with Crippen LogP contribution < -0.4 is 5.73 Å². The van der Waals surface area contributed by atoms with E-state index in [1.807, 2.05) is 6.20 Å². The third kappa shape index (κ3) is 2.83. The highest BCUT2D eigenvalue weighted by Crippen LogP contribution is 2.59. The highest BCUT2D eigenvalue weighted by molar-refractivity contribution is 5.63. The van der Waals surface area contributed by atoms with Crippen LogP contribution in [0.5, 0.6) is 0 Å². The number of nitrogen functional groups attached to an aromatic ring is 1. The normalized spacial score (nSPS) is 31.7. The van der Waals surface area contributed by atoms with Gasteiger partial charge in [-0.25, -0.2) is 4.98 Å². The summed E-state index contributed by atoms with van der Waals surface area (Å²) in [5.74, 6) is 4.45. The Hall–Kier alpha value is -1.92. The predicted octanol–water partition coefficient (Wildman–Crippen LogP) is 2.86. The zero-order valence-corrected chi connectivity index (χ0v) is 16.8. The molecule has 7 rings (SSSR count). The third-order valence-corrected chi connectivity index (χ3v) is 7.90. The number of aromatic nitrogens is 3. The lowest BCUT2D eigenvalue weighted by Crippen LogP contribution is -2.48. The predicted molar refractivity (Wildman–Crippen MR) is 110 cm³/mol. The summed E-state index contributed by atoms with van der Waals surface area (Å²) in [6.07, 6.45) is 7.12. The molecule has 1 unspecified atom stereocenters. The molecule has 29 heavy (non-hydrogen) atoms. The van der Waals surface area contributed by atoms with Crippen LogP contribution in [-0.4, -0.2) is 52.0 Å². The molecule has 2 N–H and O–H groups in total. The van der Waals surface area contributed by atoms with Crippen molar-refractivity contribution in [1.29, 1.82) is 0 Å². The quantitative estimate of drug-likeness (QED) is 0.820. The van der Waals surface area contributed by atoms with E-state index in [1.165, 1.54) is 50.0 Å². The van der Waals surface area contributed by atoms with Gasteiger partial charge in [-0.05, 0) is 67.1 Å². The van der Waals surface area contributed by atoms with E-state index in [-0.39, 0.29) is 0 Å². The lowest BCUT2D eigenvalue weighted by molar-refractivity contribution is -0.0610. The maximum Gasteiger partial charge on any atom is 0.126 e. The molecular formula is C23H29N5O. The molecule has 3 aliphatic carbocycles. The second-order valence-electron chi connectivity index (χ2n) is 10.1. The standard InChI is InChI=1S/C23H29N5O/c24-23-17(14-3-4-14)5-15(7-25-23)20-6-21(28(26-20)8-13-1-2-13)22-18-9-27(10-19(18)22)16-11-29-12-16/h5-7,13-14,16,18-19,22H,1-4,8-12H2,(H2,24,25)/t18-,19+,22?. The number of rotatable bonds is 6. The smallest absolute Gasteiger partial charge is 0.126 e. The summed E-state index contributed by atoms with van der Waals surface area (Å²) in [6, 6.07) is 5.29. The molecule has 0 bridgehead atoms. The molecule has 3 saturated carbocycles. The Morgan fingerprint density at radius 1 is 1.07 bits per heavy atom. The van der Waals surface area contributed by atoms with Crippen molar-refractivity contribution in [1.82, 2.24) is 19.7 Å². The van der Waals surface area contributed by atoms with Crippen molar-refractivity contribution in [2.75, 3.05) is 32.0 Å². The molecule has 2 aliphatic heterocycles. The number of likely N-dealkylation sites (tertiary alicyclic amines) is 1. The number of nitrogens with two attached hydrogens (primary N) is 1. The van der Waals surface area contributed by atoms with Gasteiger partial charge in [-0.3, -0.25) is 9.58 Å². The molecular weight excluding hydrogens is 362 g/mol. The number of fused-ring (bicyclic) bond motifs is 1. The van der Waals surface area contributed by atoms with Gasteiger partial charge in [-0.2, -0.15) is 5.10 Å². The first-order chi connectivity index (χ1) is 14.2. The summed E-state index contributed by atoms with van der Waals surface area (Å²) >= 11 is 0. The minimum Gasteiger partial charge on any atom is -0.383 e. The van der Waals surface area contributed by atoms with Gasteiger partial charge in [0.05, 0.1) is 24.9 Å². The second-order valence-corrected chi connectivity index (χ2v) is 10.1. The average Bonchev–Trinajstić information content (AvgIpc) is 3.61. The second kappa shape index (κ2) is 6.05. The SMILES string of the molecule is Nc1ncc(-c2cc(C3[C@H]4CN(C5COC5)C[C@@H]34)n(CC3CC3)n2)cc1C1CC1. The molecule has 6 nitrogen and oxygen atoms in total. The molecule has 0 amide bonds. The summed E-state index contributed by atoms with van der Waals surface area (Å²) in [5.41, 5.74) is 11.1. The Kier molecular flexibility index (Phi) is 3.51. The number of pyridine rings is 1. The third-order valence-electron chi connectivity index (χ3n) is 7.90. The number of ether oxygens (including phenoxy) is 1. The van der Waals surface area contributed by atoms with Gasteiger partial charge in [0.1, 0.15) is 5.82 Å². The van der Waals surface area contributed by atoms with Gasteiger partial charge in [0.2, 0.25) is 0 Å².